The molecule has 148 valence electrons. The Morgan fingerprint density at radius 3 is 2.14 bits per heavy atom. The third-order valence-electron chi connectivity index (χ3n) is 4.70. The molecule has 5 nitrogen and oxygen atoms in total. The fourth-order valence-electron chi connectivity index (χ4n) is 2.90. The number of hydrogen-bond acceptors (Lipinski definition) is 3. The summed E-state index contributed by atoms with van der Waals surface area (Å²) in [5, 5.41) is 2.86. The van der Waals surface area contributed by atoms with Gasteiger partial charge in [0.2, 0.25) is 0 Å². The highest BCUT2D eigenvalue weighted by Gasteiger charge is 2.17. The Balaban J connectivity index is 1.75. The van der Waals surface area contributed by atoms with Crippen molar-refractivity contribution in [3.05, 3.63) is 89.7 Å². The lowest BCUT2D eigenvalue weighted by atomic mass is 9.87. The molecule has 0 aliphatic carbocycles. The molecule has 0 atom stereocenters. The van der Waals surface area contributed by atoms with E-state index in [1.807, 2.05) is 54.6 Å². The van der Waals surface area contributed by atoms with Gasteiger partial charge in [-0.25, -0.2) is 0 Å². The number of anilines is 2. The molecule has 0 bridgehead atoms. The summed E-state index contributed by atoms with van der Waals surface area (Å²) < 4.78 is 0. The first kappa shape index (κ1) is 20.3. The van der Waals surface area contributed by atoms with Gasteiger partial charge >= 0.3 is 0 Å². The van der Waals surface area contributed by atoms with Crippen molar-refractivity contribution in [3.63, 3.8) is 0 Å². The van der Waals surface area contributed by atoms with Gasteiger partial charge in [-0.15, -0.1) is 0 Å². The minimum Gasteiger partial charge on any atom is -0.322 e. The topological polar surface area (TPSA) is 62.3 Å². The van der Waals surface area contributed by atoms with Crippen molar-refractivity contribution in [2.24, 2.45) is 0 Å². The van der Waals surface area contributed by atoms with E-state index in [0.717, 1.165) is 5.69 Å². The molecule has 0 saturated heterocycles. The van der Waals surface area contributed by atoms with Gasteiger partial charge in [0.05, 0.1) is 11.1 Å². The van der Waals surface area contributed by atoms with Gasteiger partial charge in [-0.1, -0.05) is 51.1 Å². The highest BCUT2D eigenvalue weighted by Crippen LogP contribution is 2.23. The van der Waals surface area contributed by atoms with Gasteiger partial charge in [0.1, 0.15) is 0 Å². The van der Waals surface area contributed by atoms with E-state index in [2.05, 4.69) is 31.1 Å². The molecule has 0 saturated carbocycles. The Kier molecular flexibility index (Phi) is 5.78. The Hall–Kier alpha value is -3.47. The number of amides is 2. The Morgan fingerprint density at radius 1 is 0.897 bits per heavy atom. The fourth-order valence-corrected chi connectivity index (χ4v) is 2.90. The van der Waals surface area contributed by atoms with E-state index in [4.69, 9.17) is 0 Å². The van der Waals surface area contributed by atoms with Crippen LogP contribution < -0.4 is 10.2 Å². The number of aromatic nitrogens is 1. The Morgan fingerprint density at radius 2 is 1.52 bits per heavy atom. The molecule has 3 aromatic rings. The van der Waals surface area contributed by atoms with Crippen LogP contribution in [0.2, 0.25) is 0 Å². The number of carbonyl (C=O) groups excluding carboxylic acids is 2. The summed E-state index contributed by atoms with van der Waals surface area (Å²) in [5.41, 5.74) is 3.39. The second-order valence-corrected chi connectivity index (χ2v) is 7.94. The number of rotatable bonds is 4. The molecule has 5 heteroatoms. The van der Waals surface area contributed by atoms with Gasteiger partial charge in [-0.05, 0) is 41.3 Å². The number of nitrogens with one attached hydrogen (secondary N) is 1. The van der Waals surface area contributed by atoms with Crippen molar-refractivity contribution < 1.29 is 9.59 Å². The third-order valence-corrected chi connectivity index (χ3v) is 4.70. The lowest BCUT2D eigenvalue weighted by Crippen LogP contribution is -2.26. The van der Waals surface area contributed by atoms with Crippen LogP contribution in [0.25, 0.3) is 0 Å². The standard InChI is InChI=1S/C24H25N3O2/c1-24(2,3)19-10-12-20(13-11-19)26-22(28)17-14-18(16-25-15-17)23(29)27(4)21-8-6-5-7-9-21/h5-16H,1-4H3,(H,26,28). The van der Waals surface area contributed by atoms with Crippen molar-refractivity contribution in [3.8, 4) is 0 Å². The molecular weight excluding hydrogens is 362 g/mol. The molecule has 29 heavy (non-hydrogen) atoms. The molecule has 0 unspecified atom stereocenters. The molecule has 0 radical (unpaired) electrons. The van der Waals surface area contributed by atoms with Crippen LogP contribution in [0.3, 0.4) is 0 Å². The Bertz CT molecular complexity index is 1010. The minimum atomic E-state index is -0.307. The molecule has 0 spiro atoms. The number of para-hydroxylation sites is 1. The van der Waals surface area contributed by atoms with Crippen molar-refractivity contribution in [2.45, 2.75) is 26.2 Å². The van der Waals surface area contributed by atoms with Gasteiger partial charge in [0.15, 0.2) is 0 Å². The van der Waals surface area contributed by atoms with Crippen LogP contribution in [0.4, 0.5) is 11.4 Å². The summed E-state index contributed by atoms with van der Waals surface area (Å²) in [6.45, 7) is 6.42. The van der Waals surface area contributed by atoms with E-state index >= 15 is 0 Å². The van der Waals surface area contributed by atoms with Crippen molar-refractivity contribution >= 4 is 23.2 Å². The first-order valence-electron chi connectivity index (χ1n) is 9.46. The molecule has 0 aliphatic heterocycles. The van der Waals surface area contributed by atoms with E-state index in [-0.39, 0.29) is 17.2 Å². The number of carbonyl (C=O) groups is 2. The van der Waals surface area contributed by atoms with Gasteiger partial charge in [-0.3, -0.25) is 14.6 Å². The van der Waals surface area contributed by atoms with E-state index in [1.54, 1.807) is 13.1 Å². The molecular formula is C24H25N3O2. The highest BCUT2D eigenvalue weighted by molar-refractivity contribution is 6.09. The molecule has 0 aliphatic rings. The zero-order chi connectivity index (χ0) is 21.0. The maximum absolute atomic E-state index is 12.8. The molecule has 0 fully saturated rings. The number of pyridine rings is 1. The molecule has 3 rings (SSSR count). The van der Waals surface area contributed by atoms with Crippen LogP contribution in [0.5, 0.6) is 0 Å². The third kappa shape index (κ3) is 4.88. The van der Waals surface area contributed by atoms with Gasteiger partial charge in [0, 0.05) is 30.8 Å². The molecule has 1 heterocycles. The van der Waals surface area contributed by atoms with Crippen LogP contribution in [0.15, 0.2) is 73.1 Å². The summed E-state index contributed by atoms with van der Waals surface area (Å²) in [5.74, 6) is -0.536. The van der Waals surface area contributed by atoms with E-state index < -0.39 is 0 Å². The highest BCUT2D eigenvalue weighted by atomic mass is 16.2. The van der Waals surface area contributed by atoms with E-state index in [9.17, 15) is 9.59 Å². The molecule has 2 amide bonds. The molecule has 1 aromatic heterocycles. The van der Waals surface area contributed by atoms with Gasteiger partial charge < -0.3 is 10.2 Å². The predicted molar refractivity (Wildman–Crippen MR) is 117 cm³/mol. The summed E-state index contributed by atoms with van der Waals surface area (Å²) >= 11 is 0. The first-order valence-corrected chi connectivity index (χ1v) is 9.46. The normalized spacial score (nSPS) is 11.0. The lowest BCUT2D eigenvalue weighted by Gasteiger charge is -2.19. The summed E-state index contributed by atoms with van der Waals surface area (Å²) in [4.78, 5) is 31.0. The second-order valence-electron chi connectivity index (χ2n) is 7.94. The van der Waals surface area contributed by atoms with Crippen molar-refractivity contribution in [1.82, 2.24) is 4.98 Å². The second kappa shape index (κ2) is 8.27. The van der Waals surface area contributed by atoms with Gasteiger partial charge in [0.25, 0.3) is 11.8 Å². The predicted octanol–water partition coefficient (Wildman–Crippen LogP) is 4.91. The Labute approximate surface area is 171 Å². The molecule has 1 N–H and O–H groups in total. The van der Waals surface area contributed by atoms with Crippen molar-refractivity contribution in [2.75, 3.05) is 17.3 Å². The van der Waals surface area contributed by atoms with E-state index in [1.165, 1.54) is 22.9 Å². The maximum atomic E-state index is 12.8. The van der Waals surface area contributed by atoms with Gasteiger partial charge in [-0.2, -0.15) is 0 Å². The zero-order valence-corrected chi connectivity index (χ0v) is 17.1. The quantitative estimate of drug-likeness (QED) is 0.692. The van der Waals surface area contributed by atoms with Crippen LogP contribution in [0, 0.1) is 0 Å². The molecule has 2 aromatic carbocycles. The van der Waals surface area contributed by atoms with Crippen LogP contribution in [-0.4, -0.2) is 23.8 Å². The van der Waals surface area contributed by atoms with E-state index in [0.29, 0.717) is 16.8 Å². The monoisotopic (exact) mass is 387 g/mol. The maximum Gasteiger partial charge on any atom is 0.259 e. The average molecular weight is 387 g/mol. The summed E-state index contributed by atoms with van der Waals surface area (Å²) in [6.07, 6.45) is 2.93. The number of hydrogen-bond donors (Lipinski definition) is 1. The summed E-state index contributed by atoms with van der Waals surface area (Å²) in [7, 11) is 1.70. The minimum absolute atomic E-state index is 0.0476. The number of benzene rings is 2. The smallest absolute Gasteiger partial charge is 0.259 e. The lowest BCUT2D eigenvalue weighted by molar-refractivity contribution is 0.0992. The SMILES string of the molecule is CN(C(=O)c1cncc(C(=O)Nc2ccc(C(C)(C)C)cc2)c1)c1ccccc1. The zero-order valence-electron chi connectivity index (χ0n) is 17.1. The first-order chi connectivity index (χ1) is 13.8. The van der Waals surface area contributed by atoms with Crippen LogP contribution in [-0.2, 0) is 5.41 Å². The number of nitrogens with zero attached hydrogens (tertiary/aromatic N) is 2. The fraction of sp³-hybridized carbons (Fsp3) is 0.208. The average Bonchev–Trinajstić information content (AvgIpc) is 2.73. The summed E-state index contributed by atoms with van der Waals surface area (Å²) in [6, 6.07) is 18.7. The largest absolute Gasteiger partial charge is 0.322 e. The van der Waals surface area contributed by atoms with Crippen molar-refractivity contribution in [1.29, 1.82) is 0 Å². The van der Waals surface area contributed by atoms with Crippen LogP contribution >= 0.6 is 0 Å². The van der Waals surface area contributed by atoms with Crippen LogP contribution in [0.1, 0.15) is 47.1 Å².